The zero-order chi connectivity index (χ0) is 4.99. The molecule has 0 aliphatic carbocycles. The maximum Gasteiger partial charge on any atom is 0.00996 e. The predicted octanol–water partition coefficient (Wildman–Crippen LogP) is 0.652. The van der Waals surface area contributed by atoms with Gasteiger partial charge in [0.2, 0.25) is 0 Å². The molecule has 45 valence electrons. The summed E-state index contributed by atoms with van der Waals surface area (Å²) in [4.78, 5) is 0. The highest BCUT2D eigenvalue weighted by Gasteiger charge is 1.82. The molecule has 0 aromatic heterocycles. The third kappa shape index (κ3) is 5.92. The summed E-state index contributed by atoms with van der Waals surface area (Å²) < 4.78 is 0. The summed E-state index contributed by atoms with van der Waals surface area (Å²) in [5.74, 6) is 5.31. The number of nitrogens with two attached hydrogens (primary N) is 1. The lowest BCUT2D eigenvalue weighted by Crippen LogP contribution is -2.29. The number of nitrogens with zero attached hydrogens (tertiary/aromatic N) is 1. The van der Waals surface area contributed by atoms with Gasteiger partial charge < -0.3 is 0 Å². The molecule has 0 aromatic rings. The zero-order valence-corrected chi connectivity index (χ0v) is 5.44. The molecular formula is C5H15N2. The highest BCUT2D eigenvalue weighted by atomic mass is 15.4. The molecule has 0 saturated carbocycles. The van der Waals surface area contributed by atoms with Crippen LogP contribution in [0.4, 0.5) is 0 Å². The first kappa shape index (κ1) is 10.0. The van der Waals surface area contributed by atoms with E-state index in [1.165, 1.54) is 0 Å². The summed E-state index contributed by atoms with van der Waals surface area (Å²) in [6.45, 7) is 5.94. The molecule has 0 amide bonds. The standard InChI is InChI=1S/C4H12N2.CH3/c1-3-6(5)4-2;/h3-5H2,1-2H3;1H3. The Balaban J connectivity index is 0. The molecular weight excluding hydrogens is 88.1 g/mol. The normalized spacial score (nSPS) is 8.57. The Morgan fingerprint density at radius 1 is 1.29 bits per heavy atom. The van der Waals surface area contributed by atoms with E-state index in [1.54, 1.807) is 5.01 Å². The number of hydrazine groups is 1. The third-order valence-electron chi connectivity index (χ3n) is 0.812. The predicted molar refractivity (Wildman–Crippen MR) is 33.5 cm³/mol. The Bertz CT molecular complexity index is 25.3. The fourth-order valence-electron chi connectivity index (χ4n) is 0.224. The Labute approximate surface area is 46.3 Å². The van der Waals surface area contributed by atoms with Crippen molar-refractivity contribution in [3.05, 3.63) is 7.43 Å². The SMILES string of the molecule is CCN(N)CC.[CH3]. The molecule has 0 aromatic carbocycles. The van der Waals surface area contributed by atoms with Gasteiger partial charge in [0, 0.05) is 13.1 Å². The molecule has 0 spiro atoms. The van der Waals surface area contributed by atoms with Crippen LogP contribution in [0.15, 0.2) is 0 Å². The molecule has 7 heavy (non-hydrogen) atoms. The van der Waals surface area contributed by atoms with Gasteiger partial charge in [-0.3, -0.25) is 5.84 Å². The van der Waals surface area contributed by atoms with Crippen molar-refractivity contribution in [2.45, 2.75) is 13.8 Å². The second-order valence-electron chi connectivity index (χ2n) is 1.22. The first-order valence-corrected chi connectivity index (χ1v) is 2.30. The van der Waals surface area contributed by atoms with Gasteiger partial charge in [-0.25, -0.2) is 5.01 Å². The van der Waals surface area contributed by atoms with Crippen molar-refractivity contribution < 1.29 is 0 Å². The van der Waals surface area contributed by atoms with E-state index in [9.17, 15) is 0 Å². The van der Waals surface area contributed by atoms with E-state index in [2.05, 4.69) is 0 Å². The number of hydrogen-bond acceptors (Lipinski definition) is 2. The van der Waals surface area contributed by atoms with Crippen LogP contribution in [0.2, 0.25) is 0 Å². The average Bonchev–Trinajstić information content (AvgIpc) is 1.65. The van der Waals surface area contributed by atoms with Crippen molar-refractivity contribution in [1.82, 2.24) is 5.01 Å². The molecule has 0 heterocycles. The van der Waals surface area contributed by atoms with Crippen LogP contribution < -0.4 is 5.84 Å². The molecule has 2 heteroatoms. The van der Waals surface area contributed by atoms with E-state index < -0.39 is 0 Å². The summed E-state index contributed by atoms with van der Waals surface area (Å²) in [6.07, 6.45) is 0. The van der Waals surface area contributed by atoms with Gasteiger partial charge in [0.25, 0.3) is 0 Å². The lowest BCUT2D eigenvalue weighted by atomic mass is 10.6. The summed E-state index contributed by atoms with van der Waals surface area (Å²) in [5, 5.41) is 1.75. The summed E-state index contributed by atoms with van der Waals surface area (Å²) in [6, 6.07) is 0. The van der Waals surface area contributed by atoms with E-state index >= 15 is 0 Å². The van der Waals surface area contributed by atoms with Crippen LogP contribution in [0.5, 0.6) is 0 Å². The fourth-order valence-corrected chi connectivity index (χ4v) is 0.224. The first-order valence-electron chi connectivity index (χ1n) is 2.30. The zero-order valence-electron chi connectivity index (χ0n) is 5.44. The van der Waals surface area contributed by atoms with Gasteiger partial charge >= 0.3 is 0 Å². The highest BCUT2D eigenvalue weighted by Crippen LogP contribution is 1.68. The summed E-state index contributed by atoms with van der Waals surface area (Å²) >= 11 is 0. The summed E-state index contributed by atoms with van der Waals surface area (Å²) in [5.41, 5.74) is 0. The molecule has 2 N–H and O–H groups in total. The van der Waals surface area contributed by atoms with Crippen molar-refractivity contribution >= 4 is 0 Å². The van der Waals surface area contributed by atoms with E-state index in [-0.39, 0.29) is 7.43 Å². The van der Waals surface area contributed by atoms with Gasteiger partial charge in [-0.15, -0.1) is 0 Å². The van der Waals surface area contributed by atoms with Gasteiger partial charge in [0.1, 0.15) is 0 Å². The molecule has 0 rings (SSSR count). The molecule has 0 aliphatic rings. The quantitative estimate of drug-likeness (QED) is 0.411. The van der Waals surface area contributed by atoms with Crippen molar-refractivity contribution in [2.24, 2.45) is 5.84 Å². The monoisotopic (exact) mass is 103 g/mol. The van der Waals surface area contributed by atoms with Crippen molar-refractivity contribution in [3.63, 3.8) is 0 Å². The van der Waals surface area contributed by atoms with Gasteiger partial charge in [-0.05, 0) is 0 Å². The van der Waals surface area contributed by atoms with Crippen molar-refractivity contribution in [1.29, 1.82) is 0 Å². The van der Waals surface area contributed by atoms with Crippen LogP contribution in [0.1, 0.15) is 13.8 Å². The second kappa shape index (κ2) is 5.92. The van der Waals surface area contributed by atoms with E-state index in [4.69, 9.17) is 5.84 Å². The van der Waals surface area contributed by atoms with Crippen LogP contribution >= 0.6 is 0 Å². The van der Waals surface area contributed by atoms with Crippen LogP contribution in [0, 0.1) is 7.43 Å². The Hall–Kier alpha value is -0.0800. The smallest absolute Gasteiger partial charge is 0.00996 e. The van der Waals surface area contributed by atoms with Crippen molar-refractivity contribution in [2.75, 3.05) is 13.1 Å². The van der Waals surface area contributed by atoms with Crippen LogP contribution in [0.25, 0.3) is 0 Å². The summed E-state index contributed by atoms with van der Waals surface area (Å²) in [7, 11) is 0. The third-order valence-corrected chi connectivity index (χ3v) is 0.812. The minimum atomic E-state index is 0. The number of rotatable bonds is 2. The largest absolute Gasteiger partial charge is 0.269 e. The average molecular weight is 103 g/mol. The van der Waals surface area contributed by atoms with E-state index in [0.29, 0.717) is 0 Å². The van der Waals surface area contributed by atoms with Crippen LogP contribution in [0.3, 0.4) is 0 Å². The number of hydrogen-bond donors (Lipinski definition) is 1. The van der Waals surface area contributed by atoms with E-state index in [1.807, 2.05) is 13.8 Å². The first-order chi connectivity index (χ1) is 2.81. The minimum absolute atomic E-state index is 0. The molecule has 0 saturated heterocycles. The highest BCUT2D eigenvalue weighted by molar-refractivity contribution is 4.32. The Kier molecular flexibility index (Phi) is 8.47. The molecule has 0 unspecified atom stereocenters. The molecule has 0 fully saturated rings. The Morgan fingerprint density at radius 3 is 1.57 bits per heavy atom. The van der Waals surface area contributed by atoms with Crippen LogP contribution in [-0.4, -0.2) is 18.1 Å². The van der Waals surface area contributed by atoms with Crippen molar-refractivity contribution in [3.8, 4) is 0 Å². The molecule has 0 bridgehead atoms. The van der Waals surface area contributed by atoms with E-state index in [0.717, 1.165) is 13.1 Å². The lowest BCUT2D eigenvalue weighted by Gasteiger charge is -2.07. The second-order valence-corrected chi connectivity index (χ2v) is 1.22. The van der Waals surface area contributed by atoms with Gasteiger partial charge in [0.15, 0.2) is 0 Å². The van der Waals surface area contributed by atoms with Gasteiger partial charge in [-0.2, -0.15) is 0 Å². The maximum atomic E-state index is 5.31. The molecule has 1 radical (unpaired) electrons. The lowest BCUT2D eigenvalue weighted by molar-refractivity contribution is 0.316. The molecule has 0 atom stereocenters. The maximum absolute atomic E-state index is 5.31. The van der Waals surface area contributed by atoms with Gasteiger partial charge in [-0.1, -0.05) is 21.3 Å². The fraction of sp³-hybridized carbons (Fsp3) is 0.800. The molecule has 0 aliphatic heterocycles. The topological polar surface area (TPSA) is 29.3 Å². The van der Waals surface area contributed by atoms with Gasteiger partial charge in [0.05, 0.1) is 0 Å². The van der Waals surface area contributed by atoms with Crippen LogP contribution in [-0.2, 0) is 0 Å². The minimum Gasteiger partial charge on any atom is -0.269 e. The molecule has 2 nitrogen and oxygen atoms in total. The Morgan fingerprint density at radius 2 is 1.57 bits per heavy atom.